The second-order valence-corrected chi connectivity index (χ2v) is 12.2. The van der Waals surface area contributed by atoms with E-state index >= 15 is 0 Å². The summed E-state index contributed by atoms with van der Waals surface area (Å²) in [7, 11) is 0.453. The van der Waals surface area contributed by atoms with E-state index in [4.69, 9.17) is 4.74 Å². The minimum Gasteiger partial charge on any atom is -0.493 e. The Morgan fingerprint density at radius 2 is 1.57 bits per heavy atom. The number of hydrogen-bond acceptors (Lipinski definition) is 1. The second kappa shape index (κ2) is 9.98. The van der Waals surface area contributed by atoms with Crippen LogP contribution in [0, 0.1) is 29.6 Å². The zero-order valence-corrected chi connectivity index (χ0v) is 20.3. The van der Waals surface area contributed by atoms with E-state index in [2.05, 4.69) is 64.1 Å². The fraction of sp³-hybridized carbons (Fsp3) is 0.643. The first-order valence-corrected chi connectivity index (χ1v) is 14.0. The van der Waals surface area contributed by atoms with Gasteiger partial charge in [0.2, 0.25) is 0 Å². The molecule has 2 aromatic carbocycles. The van der Waals surface area contributed by atoms with Gasteiger partial charge in [-0.2, -0.15) is 0 Å². The van der Waals surface area contributed by atoms with Gasteiger partial charge in [0, 0.05) is 33.5 Å². The summed E-state index contributed by atoms with van der Waals surface area (Å²) < 4.78 is 6.10. The van der Waals surface area contributed by atoms with Gasteiger partial charge in [-0.3, -0.25) is 0 Å². The highest BCUT2D eigenvalue weighted by Gasteiger charge is 2.57. The molecule has 4 unspecified atom stereocenters. The summed E-state index contributed by atoms with van der Waals surface area (Å²) in [6, 6.07) is 13.6. The Kier molecular flexibility index (Phi) is 7.34. The summed E-state index contributed by atoms with van der Waals surface area (Å²) in [5.74, 6) is 9.11. The molecule has 0 amide bonds. The van der Waals surface area contributed by atoms with Crippen molar-refractivity contribution in [3.63, 3.8) is 0 Å². The zero-order valence-electron chi connectivity index (χ0n) is 19.5. The van der Waals surface area contributed by atoms with Crippen molar-refractivity contribution in [1.82, 2.24) is 0 Å². The van der Waals surface area contributed by atoms with Crippen molar-refractivity contribution < 1.29 is 4.74 Å². The third-order valence-corrected chi connectivity index (χ3v) is 10.3. The maximum Gasteiger partial charge on any atom is 0.163 e. The molecule has 2 aromatic rings. The van der Waals surface area contributed by atoms with Crippen LogP contribution >= 0.6 is 0 Å². The lowest BCUT2D eigenvalue weighted by atomic mass is 9.82. The van der Waals surface area contributed by atoms with Crippen LogP contribution in [-0.2, 0) is 10.9 Å². The van der Waals surface area contributed by atoms with Crippen molar-refractivity contribution >= 4 is 21.7 Å². The van der Waals surface area contributed by atoms with E-state index in [1.807, 2.05) is 0 Å². The summed E-state index contributed by atoms with van der Waals surface area (Å²) in [4.78, 5) is 1.62. The van der Waals surface area contributed by atoms with Crippen LogP contribution in [0.1, 0.15) is 66.2 Å². The first-order valence-electron chi connectivity index (χ1n) is 12.4. The average Bonchev–Trinajstić information content (AvgIpc) is 3.48. The largest absolute Gasteiger partial charge is 0.493 e. The molecular formula is C28H41OS+. The van der Waals surface area contributed by atoms with Gasteiger partial charge < -0.3 is 4.74 Å². The van der Waals surface area contributed by atoms with E-state index < -0.39 is 0 Å². The molecule has 0 N–H and O–H groups in total. The molecule has 0 aromatic heterocycles. The second-order valence-electron chi connectivity index (χ2n) is 10.1. The topological polar surface area (TPSA) is 9.23 Å². The SMILES string of the molecule is CCC(C)C.CCCCOc1ccc([S+]2CC3C4CCC(C4)C3C2)c2ccccc12. The summed E-state index contributed by atoms with van der Waals surface area (Å²) in [5.41, 5.74) is 0. The average molecular weight is 426 g/mol. The predicted molar refractivity (Wildman–Crippen MR) is 133 cm³/mol. The molecule has 1 aliphatic heterocycles. The van der Waals surface area contributed by atoms with Gasteiger partial charge >= 0.3 is 0 Å². The lowest BCUT2D eigenvalue weighted by molar-refractivity contribution is 0.281. The monoisotopic (exact) mass is 425 g/mol. The third kappa shape index (κ3) is 4.54. The predicted octanol–water partition coefficient (Wildman–Crippen LogP) is 7.72. The van der Waals surface area contributed by atoms with Crippen molar-refractivity contribution in [1.29, 1.82) is 0 Å². The molecule has 1 saturated heterocycles. The molecule has 2 aliphatic carbocycles. The van der Waals surface area contributed by atoms with E-state index in [1.54, 1.807) is 11.3 Å². The molecule has 3 fully saturated rings. The van der Waals surface area contributed by atoms with Gasteiger partial charge in [-0.25, -0.2) is 0 Å². The Hall–Kier alpha value is -1.15. The Morgan fingerprint density at radius 3 is 2.17 bits per heavy atom. The van der Waals surface area contributed by atoms with Crippen molar-refractivity contribution in [2.45, 2.75) is 71.1 Å². The zero-order chi connectivity index (χ0) is 21.1. The van der Waals surface area contributed by atoms with E-state index in [0.717, 1.165) is 48.4 Å². The van der Waals surface area contributed by atoms with E-state index in [9.17, 15) is 0 Å². The van der Waals surface area contributed by atoms with Gasteiger partial charge in [0.25, 0.3) is 0 Å². The van der Waals surface area contributed by atoms with Crippen molar-refractivity contribution in [2.24, 2.45) is 29.6 Å². The molecule has 5 rings (SSSR count). The fourth-order valence-electron chi connectivity index (χ4n) is 5.71. The van der Waals surface area contributed by atoms with Crippen LogP contribution in [0.5, 0.6) is 5.75 Å². The van der Waals surface area contributed by atoms with Gasteiger partial charge in [0.15, 0.2) is 4.90 Å². The van der Waals surface area contributed by atoms with Crippen molar-refractivity contribution in [2.75, 3.05) is 18.1 Å². The molecule has 0 radical (unpaired) electrons. The van der Waals surface area contributed by atoms with Crippen LogP contribution in [0.15, 0.2) is 41.3 Å². The first-order chi connectivity index (χ1) is 14.6. The van der Waals surface area contributed by atoms with Crippen molar-refractivity contribution in [3.05, 3.63) is 36.4 Å². The first kappa shape index (κ1) is 22.1. The Morgan fingerprint density at radius 1 is 0.933 bits per heavy atom. The molecule has 4 atom stereocenters. The Balaban J connectivity index is 0.000000393. The molecule has 164 valence electrons. The molecule has 3 aliphatic rings. The third-order valence-electron chi connectivity index (χ3n) is 7.79. The maximum absolute atomic E-state index is 6.10. The Bertz CT molecular complexity index is 810. The number of hydrogen-bond donors (Lipinski definition) is 0. The van der Waals surface area contributed by atoms with Gasteiger partial charge in [0.1, 0.15) is 17.3 Å². The molecular weight excluding hydrogens is 384 g/mol. The van der Waals surface area contributed by atoms with Crippen LogP contribution in [-0.4, -0.2) is 18.1 Å². The minimum absolute atomic E-state index is 0.453. The normalized spacial score (nSPS) is 29.2. The summed E-state index contributed by atoms with van der Waals surface area (Å²) in [6.07, 6.45) is 8.22. The molecule has 1 nitrogen and oxygen atoms in total. The maximum atomic E-state index is 6.10. The highest BCUT2D eigenvalue weighted by atomic mass is 32.2. The summed E-state index contributed by atoms with van der Waals surface area (Å²) in [5, 5.41) is 2.77. The number of rotatable bonds is 6. The van der Waals surface area contributed by atoms with Crippen molar-refractivity contribution in [3.8, 4) is 5.75 Å². The van der Waals surface area contributed by atoms with Gasteiger partial charge in [-0.1, -0.05) is 58.7 Å². The van der Waals surface area contributed by atoms with Crippen LogP contribution in [0.4, 0.5) is 0 Å². The molecule has 0 spiro atoms. The highest BCUT2D eigenvalue weighted by Crippen LogP contribution is 2.57. The standard InChI is InChI=1S/C23H29OS.C5H12/c1-2-3-12-24-22-10-11-23(19-7-5-4-6-18(19)22)25-14-20-16-8-9-17(13-16)21(20)15-25;1-4-5(2)3/h4-7,10-11,16-17,20-21H,2-3,8-9,12-15H2,1H3;5H,4H2,1-3H3/q+1;. The highest BCUT2D eigenvalue weighted by molar-refractivity contribution is 7.97. The van der Waals surface area contributed by atoms with E-state index in [0.29, 0.717) is 10.9 Å². The minimum atomic E-state index is 0.453. The van der Waals surface area contributed by atoms with E-state index in [-0.39, 0.29) is 0 Å². The van der Waals surface area contributed by atoms with Gasteiger partial charge in [-0.15, -0.1) is 0 Å². The fourth-order valence-corrected chi connectivity index (χ4v) is 8.92. The number of unbranched alkanes of at least 4 members (excludes halogenated alkanes) is 1. The van der Waals surface area contributed by atoms with Gasteiger partial charge in [0.05, 0.1) is 6.61 Å². The smallest absolute Gasteiger partial charge is 0.163 e. The molecule has 1 heterocycles. The van der Waals surface area contributed by atoms with Crippen LogP contribution in [0.3, 0.4) is 0 Å². The summed E-state index contributed by atoms with van der Waals surface area (Å²) in [6.45, 7) is 9.69. The van der Waals surface area contributed by atoms with Crippen LogP contribution in [0.2, 0.25) is 0 Å². The van der Waals surface area contributed by atoms with E-state index in [1.165, 1.54) is 48.0 Å². The molecule has 2 saturated carbocycles. The molecule has 2 heteroatoms. The lowest BCUT2D eigenvalue weighted by Gasteiger charge is -2.19. The Labute approximate surface area is 187 Å². The molecule has 30 heavy (non-hydrogen) atoms. The quantitative estimate of drug-likeness (QED) is 0.340. The van der Waals surface area contributed by atoms with Gasteiger partial charge in [-0.05, 0) is 61.6 Å². The number of ether oxygens (including phenoxy) is 1. The lowest BCUT2D eigenvalue weighted by Crippen LogP contribution is -2.19. The van der Waals surface area contributed by atoms with Crippen LogP contribution < -0.4 is 4.74 Å². The number of benzene rings is 2. The molecule has 2 bridgehead atoms. The summed E-state index contributed by atoms with van der Waals surface area (Å²) >= 11 is 0. The van der Waals surface area contributed by atoms with Crippen LogP contribution in [0.25, 0.3) is 10.8 Å². The number of fused-ring (bicyclic) bond motifs is 6.